The van der Waals surface area contributed by atoms with Gasteiger partial charge < -0.3 is 9.64 Å². The Morgan fingerprint density at radius 3 is 2.77 bits per heavy atom. The fourth-order valence-corrected chi connectivity index (χ4v) is 3.01. The number of amides is 1. The Morgan fingerprint density at radius 2 is 2.09 bits per heavy atom. The van der Waals surface area contributed by atoms with Crippen molar-refractivity contribution in [2.24, 2.45) is 0 Å². The van der Waals surface area contributed by atoms with Crippen molar-refractivity contribution in [2.75, 3.05) is 18.1 Å². The SMILES string of the molecule is CCn1ncc(C(=O)N2CCOc3c(C)cc(C)cc32)c1C. The molecular weight excluding hydrogens is 278 g/mol. The molecule has 1 amide bonds. The molecule has 116 valence electrons. The monoisotopic (exact) mass is 299 g/mol. The summed E-state index contributed by atoms with van der Waals surface area (Å²) in [5, 5.41) is 4.28. The minimum Gasteiger partial charge on any atom is -0.489 e. The summed E-state index contributed by atoms with van der Waals surface area (Å²) in [6, 6.07) is 4.09. The van der Waals surface area contributed by atoms with Gasteiger partial charge in [0.2, 0.25) is 0 Å². The molecule has 0 bridgehead atoms. The topological polar surface area (TPSA) is 47.4 Å². The molecule has 1 aliphatic heterocycles. The zero-order valence-corrected chi connectivity index (χ0v) is 13.5. The van der Waals surface area contributed by atoms with Crippen LogP contribution in [-0.2, 0) is 6.54 Å². The lowest BCUT2D eigenvalue weighted by atomic mass is 10.1. The summed E-state index contributed by atoms with van der Waals surface area (Å²) in [6.45, 7) is 9.84. The van der Waals surface area contributed by atoms with Crippen molar-refractivity contribution in [3.63, 3.8) is 0 Å². The molecule has 0 atom stereocenters. The van der Waals surface area contributed by atoms with Crippen LogP contribution in [0.4, 0.5) is 5.69 Å². The van der Waals surface area contributed by atoms with Gasteiger partial charge in [-0.05, 0) is 44.9 Å². The van der Waals surface area contributed by atoms with Crippen LogP contribution in [0.3, 0.4) is 0 Å². The maximum atomic E-state index is 13.0. The van der Waals surface area contributed by atoms with E-state index < -0.39 is 0 Å². The molecule has 0 saturated carbocycles. The lowest BCUT2D eigenvalue weighted by molar-refractivity contribution is 0.0976. The number of ether oxygens (including phenoxy) is 1. The number of aromatic nitrogens is 2. The predicted molar refractivity (Wildman–Crippen MR) is 85.7 cm³/mol. The van der Waals surface area contributed by atoms with Crippen molar-refractivity contribution in [2.45, 2.75) is 34.2 Å². The molecule has 5 heteroatoms. The first kappa shape index (κ1) is 14.6. The maximum absolute atomic E-state index is 13.0. The zero-order chi connectivity index (χ0) is 15.9. The van der Waals surface area contributed by atoms with Crippen LogP contribution in [0.15, 0.2) is 18.3 Å². The minimum absolute atomic E-state index is 0.00764. The lowest BCUT2D eigenvalue weighted by Gasteiger charge is -2.31. The van der Waals surface area contributed by atoms with Crippen LogP contribution >= 0.6 is 0 Å². The van der Waals surface area contributed by atoms with Gasteiger partial charge in [-0.15, -0.1) is 0 Å². The van der Waals surface area contributed by atoms with E-state index in [1.165, 1.54) is 0 Å². The van der Waals surface area contributed by atoms with Gasteiger partial charge >= 0.3 is 0 Å². The molecule has 0 unspecified atom stereocenters. The van der Waals surface area contributed by atoms with Gasteiger partial charge in [0.1, 0.15) is 12.4 Å². The Labute approximate surface area is 130 Å². The molecule has 0 saturated heterocycles. The van der Waals surface area contributed by atoms with Crippen LogP contribution < -0.4 is 9.64 Å². The molecule has 0 radical (unpaired) electrons. The number of benzene rings is 1. The highest BCUT2D eigenvalue weighted by Gasteiger charge is 2.28. The molecule has 2 aromatic rings. The van der Waals surface area contributed by atoms with E-state index in [1.54, 1.807) is 6.20 Å². The van der Waals surface area contributed by atoms with Gasteiger partial charge in [0, 0.05) is 12.2 Å². The predicted octanol–water partition coefficient (Wildman–Crippen LogP) is 2.87. The molecule has 5 nitrogen and oxygen atoms in total. The van der Waals surface area contributed by atoms with E-state index in [2.05, 4.69) is 11.2 Å². The van der Waals surface area contributed by atoms with E-state index in [1.807, 2.05) is 43.3 Å². The standard InChI is InChI=1S/C17H21N3O2/c1-5-20-13(4)14(10-18-20)17(21)19-6-7-22-16-12(3)8-11(2)9-15(16)19/h8-10H,5-7H2,1-4H3. The first-order valence-electron chi connectivity index (χ1n) is 7.61. The first-order chi connectivity index (χ1) is 10.5. The number of aryl methyl sites for hydroxylation is 3. The molecule has 0 fully saturated rings. The van der Waals surface area contributed by atoms with Gasteiger partial charge in [-0.25, -0.2) is 0 Å². The maximum Gasteiger partial charge on any atom is 0.261 e. The van der Waals surface area contributed by atoms with E-state index in [-0.39, 0.29) is 5.91 Å². The normalized spacial score (nSPS) is 13.7. The number of rotatable bonds is 2. The number of hydrogen-bond acceptors (Lipinski definition) is 3. The molecule has 1 aliphatic rings. The number of carbonyl (C=O) groups excluding carboxylic acids is 1. The Kier molecular flexibility index (Phi) is 3.64. The van der Waals surface area contributed by atoms with Gasteiger partial charge in [0.05, 0.1) is 24.0 Å². The van der Waals surface area contributed by atoms with Crippen molar-refractivity contribution in [3.8, 4) is 5.75 Å². The third-order valence-electron chi connectivity index (χ3n) is 4.13. The highest BCUT2D eigenvalue weighted by Crippen LogP contribution is 2.36. The number of fused-ring (bicyclic) bond motifs is 1. The lowest BCUT2D eigenvalue weighted by Crippen LogP contribution is -2.38. The third kappa shape index (κ3) is 2.26. The molecule has 0 aliphatic carbocycles. The van der Waals surface area contributed by atoms with Crippen molar-refractivity contribution in [1.29, 1.82) is 0 Å². The fraction of sp³-hybridized carbons (Fsp3) is 0.412. The number of hydrogen-bond donors (Lipinski definition) is 0. The molecule has 0 N–H and O–H groups in total. The van der Waals surface area contributed by atoms with E-state index in [0.717, 1.165) is 34.8 Å². The molecule has 2 heterocycles. The van der Waals surface area contributed by atoms with E-state index in [9.17, 15) is 4.79 Å². The summed E-state index contributed by atoms with van der Waals surface area (Å²) in [5.41, 5.74) is 4.62. The van der Waals surface area contributed by atoms with Crippen molar-refractivity contribution in [3.05, 3.63) is 40.7 Å². The van der Waals surface area contributed by atoms with Gasteiger partial charge in [0.15, 0.2) is 0 Å². The quantitative estimate of drug-likeness (QED) is 0.856. The van der Waals surface area contributed by atoms with Crippen molar-refractivity contribution in [1.82, 2.24) is 9.78 Å². The zero-order valence-electron chi connectivity index (χ0n) is 13.5. The van der Waals surface area contributed by atoms with E-state index in [0.29, 0.717) is 18.7 Å². The third-order valence-corrected chi connectivity index (χ3v) is 4.13. The van der Waals surface area contributed by atoms with Gasteiger partial charge in [-0.1, -0.05) is 6.07 Å². The highest BCUT2D eigenvalue weighted by atomic mass is 16.5. The average molecular weight is 299 g/mol. The molecule has 3 rings (SSSR count). The van der Waals surface area contributed by atoms with Crippen molar-refractivity contribution >= 4 is 11.6 Å². The second kappa shape index (κ2) is 5.48. The van der Waals surface area contributed by atoms with E-state index >= 15 is 0 Å². The smallest absolute Gasteiger partial charge is 0.261 e. The largest absolute Gasteiger partial charge is 0.489 e. The molecule has 0 spiro atoms. The number of carbonyl (C=O) groups is 1. The van der Waals surface area contributed by atoms with Crippen molar-refractivity contribution < 1.29 is 9.53 Å². The minimum atomic E-state index is -0.00764. The molecular formula is C17H21N3O2. The fourth-order valence-electron chi connectivity index (χ4n) is 3.01. The van der Waals surface area contributed by atoms with Crippen LogP contribution in [0.5, 0.6) is 5.75 Å². The second-order valence-corrected chi connectivity index (χ2v) is 5.69. The Bertz CT molecular complexity index is 734. The van der Waals surface area contributed by atoms with Crippen LogP contribution in [0, 0.1) is 20.8 Å². The Hall–Kier alpha value is -2.30. The second-order valence-electron chi connectivity index (χ2n) is 5.69. The van der Waals surface area contributed by atoms with Gasteiger partial charge in [-0.2, -0.15) is 5.10 Å². The number of anilines is 1. The Morgan fingerprint density at radius 1 is 1.32 bits per heavy atom. The average Bonchev–Trinajstić information content (AvgIpc) is 2.86. The van der Waals surface area contributed by atoms with Gasteiger partial charge in [-0.3, -0.25) is 9.48 Å². The summed E-state index contributed by atoms with van der Waals surface area (Å²) in [4.78, 5) is 14.8. The summed E-state index contributed by atoms with van der Waals surface area (Å²) >= 11 is 0. The van der Waals surface area contributed by atoms with Crippen LogP contribution in [0.2, 0.25) is 0 Å². The first-order valence-corrected chi connectivity index (χ1v) is 7.61. The van der Waals surface area contributed by atoms with Crippen LogP contribution in [0.25, 0.3) is 0 Å². The molecule has 22 heavy (non-hydrogen) atoms. The molecule has 1 aromatic carbocycles. The van der Waals surface area contributed by atoms with Crippen LogP contribution in [0.1, 0.15) is 34.1 Å². The summed E-state index contributed by atoms with van der Waals surface area (Å²) in [6.07, 6.45) is 1.67. The highest BCUT2D eigenvalue weighted by molar-refractivity contribution is 6.07. The molecule has 1 aromatic heterocycles. The number of nitrogens with zero attached hydrogens (tertiary/aromatic N) is 3. The van der Waals surface area contributed by atoms with Gasteiger partial charge in [0.25, 0.3) is 5.91 Å². The Balaban J connectivity index is 2.03. The van der Waals surface area contributed by atoms with Crippen LogP contribution in [-0.4, -0.2) is 28.8 Å². The summed E-state index contributed by atoms with van der Waals surface area (Å²) < 4.78 is 7.61. The van der Waals surface area contributed by atoms with E-state index in [4.69, 9.17) is 4.74 Å². The summed E-state index contributed by atoms with van der Waals surface area (Å²) in [7, 11) is 0. The summed E-state index contributed by atoms with van der Waals surface area (Å²) in [5.74, 6) is 0.803.